The normalized spacial score (nSPS) is 12.8. The van der Waals surface area contributed by atoms with Crippen LogP contribution in [-0.4, -0.2) is 41.6 Å². The van der Waals surface area contributed by atoms with Gasteiger partial charge in [-0.3, -0.25) is 9.59 Å². The molecule has 2 unspecified atom stereocenters. The lowest BCUT2D eigenvalue weighted by molar-refractivity contribution is -0.150. The molecule has 0 saturated heterocycles. The summed E-state index contributed by atoms with van der Waals surface area (Å²) in [6, 6.07) is -0.855. The van der Waals surface area contributed by atoms with Gasteiger partial charge in [-0.1, -0.05) is 154 Å². The maximum Gasteiger partial charge on any atom is 0.326 e. The molecule has 0 fully saturated rings. The summed E-state index contributed by atoms with van der Waals surface area (Å²) in [6.07, 6.45) is 43.6. The van der Waals surface area contributed by atoms with E-state index in [0.29, 0.717) is 32.2 Å². The smallest absolute Gasteiger partial charge is 0.326 e. The van der Waals surface area contributed by atoms with Crippen molar-refractivity contribution in [3.8, 4) is 0 Å². The van der Waals surface area contributed by atoms with E-state index in [0.717, 1.165) is 77.0 Å². The molecule has 7 nitrogen and oxygen atoms in total. The summed E-state index contributed by atoms with van der Waals surface area (Å²) in [5.41, 5.74) is 5.48. The number of unbranched alkanes of at least 4 members (excludes halogenated alkanes) is 21. The largest absolute Gasteiger partial charge is 0.480 e. The van der Waals surface area contributed by atoms with Gasteiger partial charge in [-0.25, -0.2) is 4.79 Å². The summed E-state index contributed by atoms with van der Waals surface area (Å²) in [5, 5.41) is 11.9. The maximum absolute atomic E-state index is 12.8. The van der Waals surface area contributed by atoms with E-state index < -0.39 is 12.0 Å². The number of carbonyl (C=O) groups is 3. The number of hydrogen-bond acceptors (Lipinski definition) is 5. The van der Waals surface area contributed by atoms with E-state index in [9.17, 15) is 19.5 Å². The van der Waals surface area contributed by atoms with Crippen molar-refractivity contribution < 1.29 is 24.2 Å². The molecule has 0 saturated carbocycles. The molecule has 0 aliphatic rings. The highest BCUT2D eigenvalue weighted by Crippen LogP contribution is 2.19. The number of hydrogen-bond donors (Lipinski definition) is 3. The molecule has 298 valence electrons. The molecule has 0 aromatic carbocycles. The highest BCUT2D eigenvalue weighted by atomic mass is 16.5. The number of amides is 1. The minimum absolute atomic E-state index is 0.0107. The summed E-state index contributed by atoms with van der Waals surface area (Å²) in [7, 11) is 0. The number of ether oxygens (including phenoxy) is 1. The molecular weight excluding hydrogens is 636 g/mol. The van der Waals surface area contributed by atoms with Crippen molar-refractivity contribution in [1.29, 1.82) is 0 Å². The van der Waals surface area contributed by atoms with Crippen LogP contribution >= 0.6 is 0 Å². The van der Waals surface area contributed by atoms with E-state index >= 15 is 0 Å². The molecule has 2 atom stereocenters. The lowest BCUT2D eigenvalue weighted by Crippen LogP contribution is -2.40. The topological polar surface area (TPSA) is 119 Å². The molecule has 0 spiro atoms. The summed E-state index contributed by atoms with van der Waals surface area (Å²) < 4.78 is 6.04. The third kappa shape index (κ3) is 36.0. The van der Waals surface area contributed by atoms with Gasteiger partial charge in [-0.15, -0.1) is 0 Å². The van der Waals surface area contributed by atoms with Gasteiger partial charge in [0.05, 0.1) is 0 Å². The van der Waals surface area contributed by atoms with E-state index in [2.05, 4.69) is 43.5 Å². The van der Waals surface area contributed by atoms with Crippen molar-refractivity contribution in [2.24, 2.45) is 5.73 Å². The van der Waals surface area contributed by atoms with Gasteiger partial charge in [-0.05, 0) is 83.6 Å². The van der Waals surface area contributed by atoms with Crippen LogP contribution in [-0.2, 0) is 19.1 Å². The fraction of sp³-hybridized carbons (Fsp3) is 0.841. The molecule has 0 rings (SSSR count). The van der Waals surface area contributed by atoms with Crippen LogP contribution in [0, 0.1) is 0 Å². The summed E-state index contributed by atoms with van der Waals surface area (Å²) in [4.78, 5) is 36.3. The molecule has 0 aromatic heterocycles. The zero-order valence-corrected chi connectivity index (χ0v) is 33.5. The Bertz CT molecular complexity index is 858. The van der Waals surface area contributed by atoms with Crippen LogP contribution in [0.15, 0.2) is 24.3 Å². The minimum Gasteiger partial charge on any atom is -0.480 e. The zero-order valence-electron chi connectivity index (χ0n) is 33.5. The van der Waals surface area contributed by atoms with Gasteiger partial charge in [0.25, 0.3) is 0 Å². The van der Waals surface area contributed by atoms with Crippen LogP contribution in [0.1, 0.15) is 219 Å². The van der Waals surface area contributed by atoms with E-state index in [4.69, 9.17) is 10.5 Å². The van der Waals surface area contributed by atoms with E-state index in [1.54, 1.807) is 0 Å². The Morgan fingerprint density at radius 1 is 0.569 bits per heavy atom. The molecule has 1 amide bonds. The fourth-order valence-corrected chi connectivity index (χ4v) is 6.47. The average molecular weight is 719 g/mol. The molecule has 51 heavy (non-hydrogen) atoms. The minimum atomic E-state index is -1.00. The van der Waals surface area contributed by atoms with E-state index in [1.165, 1.54) is 103 Å². The van der Waals surface area contributed by atoms with Crippen molar-refractivity contribution in [1.82, 2.24) is 5.32 Å². The quantitative estimate of drug-likeness (QED) is 0.0331. The van der Waals surface area contributed by atoms with Crippen LogP contribution in [0.5, 0.6) is 0 Å². The van der Waals surface area contributed by atoms with Crippen LogP contribution in [0.25, 0.3) is 0 Å². The number of carboxylic acids is 1. The number of aliphatic carboxylic acids is 1. The second kappa shape index (κ2) is 39.1. The number of nitrogens with two attached hydrogens (primary N) is 1. The highest BCUT2D eigenvalue weighted by Gasteiger charge is 2.19. The summed E-state index contributed by atoms with van der Waals surface area (Å²) in [5.74, 6) is -1.24. The number of carboxylic acid groups (broad SMARTS) is 1. The van der Waals surface area contributed by atoms with E-state index in [-0.39, 0.29) is 18.0 Å². The van der Waals surface area contributed by atoms with Crippen molar-refractivity contribution in [3.63, 3.8) is 0 Å². The van der Waals surface area contributed by atoms with Crippen LogP contribution in [0.4, 0.5) is 0 Å². The molecule has 4 N–H and O–H groups in total. The Kier molecular flexibility index (Phi) is 37.4. The Morgan fingerprint density at radius 2 is 1.04 bits per heavy atom. The van der Waals surface area contributed by atoms with Gasteiger partial charge in [-0.2, -0.15) is 0 Å². The highest BCUT2D eigenvalue weighted by molar-refractivity contribution is 5.83. The van der Waals surface area contributed by atoms with Crippen molar-refractivity contribution in [3.05, 3.63) is 24.3 Å². The summed E-state index contributed by atoms with van der Waals surface area (Å²) >= 11 is 0. The predicted octanol–water partition coefficient (Wildman–Crippen LogP) is 12.1. The third-order valence-electron chi connectivity index (χ3n) is 9.77. The predicted molar refractivity (Wildman–Crippen MR) is 216 cm³/mol. The molecule has 0 aromatic rings. The number of carbonyl (C=O) groups excluding carboxylic acids is 2. The van der Waals surface area contributed by atoms with Gasteiger partial charge in [0.1, 0.15) is 12.1 Å². The Hall–Kier alpha value is -2.15. The first-order valence-electron chi connectivity index (χ1n) is 21.7. The number of nitrogens with one attached hydrogen (secondary N) is 1. The Labute approximate surface area is 314 Å². The molecule has 0 heterocycles. The lowest BCUT2D eigenvalue weighted by atomic mass is 10.0. The van der Waals surface area contributed by atoms with Gasteiger partial charge < -0.3 is 20.9 Å². The third-order valence-corrected chi connectivity index (χ3v) is 9.77. The zero-order chi connectivity index (χ0) is 37.5. The van der Waals surface area contributed by atoms with Crippen molar-refractivity contribution in [2.45, 2.75) is 231 Å². The van der Waals surface area contributed by atoms with Gasteiger partial charge in [0, 0.05) is 12.8 Å². The van der Waals surface area contributed by atoms with Crippen LogP contribution in [0.3, 0.4) is 0 Å². The van der Waals surface area contributed by atoms with E-state index in [1.807, 2.05) is 0 Å². The van der Waals surface area contributed by atoms with Crippen molar-refractivity contribution >= 4 is 17.8 Å². The summed E-state index contributed by atoms with van der Waals surface area (Å²) in [6.45, 7) is 4.91. The van der Waals surface area contributed by atoms with Crippen molar-refractivity contribution in [2.75, 3.05) is 6.54 Å². The van der Waals surface area contributed by atoms with Crippen LogP contribution in [0.2, 0.25) is 0 Å². The first-order valence-corrected chi connectivity index (χ1v) is 21.7. The van der Waals surface area contributed by atoms with Gasteiger partial charge in [0.15, 0.2) is 0 Å². The molecule has 0 bridgehead atoms. The molecular formula is C44H82N2O5. The molecule has 0 aliphatic carbocycles. The first-order chi connectivity index (χ1) is 24.9. The lowest BCUT2D eigenvalue weighted by Gasteiger charge is -2.18. The first kappa shape index (κ1) is 48.9. The second-order valence-corrected chi connectivity index (χ2v) is 14.8. The maximum atomic E-state index is 12.8. The fourth-order valence-electron chi connectivity index (χ4n) is 6.47. The number of rotatable bonds is 39. The Morgan fingerprint density at radius 3 is 1.57 bits per heavy atom. The van der Waals surface area contributed by atoms with Gasteiger partial charge >= 0.3 is 11.9 Å². The molecule has 0 radical (unpaired) electrons. The molecule has 0 aliphatic heterocycles. The average Bonchev–Trinajstić information content (AvgIpc) is 3.11. The number of allylic oxidation sites excluding steroid dienone is 4. The Balaban J connectivity index is 4.32. The molecule has 7 heteroatoms. The SMILES string of the molecule is CCCC/C=C\C/C=C\CCCCCCCC(=O)OC(CCCCCCCCCCCCC)CCCCCCCC(=O)NC(CCCN)C(=O)O. The monoisotopic (exact) mass is 719 g/mol. The van der Waals surface area contributed by atoms with Crippen LogP contribution < -0.4 is 11.1 Å². The standard InChI is InChI=1S/C44H82N2O5/c1-3-5-7-9-11-13-15-16-17-19-21-23-28-32-38-43(48)51-40(34-29-25-22-20-18-14-12-10-8-6-4-2)35-30-26-24-27-31-37-42(47)46-41(44(49)50)36-33-39-45/h9,11,15-16,40-41H,3-8,10,12-14,17-39,45H2,1-2H3,(H,46,47)(H,49,50)/b11-9-,16-15-. The van der Waals surface area contributed by atoms with Gasteiger partial charge in [0.2, 0.25) is 5.91 Å². The number of esters is 1. The second-order valence-electron chi connectivity index (χ2n) is 14.8.